The normalized spacial score (nSPS) is 10.3. The molecule has 6 heteroatoms. The van der Waals surface area contributed by atoms with Crippen LogP contribution < -0.4 is 5.48 Å². The van der Waals surface area contributed by atoms with Crippen LogP contribution in [0.2, 0.25) is 0 Å². The molecule has 0 fully saturated rings. The average Bonchev–Trinajstić information content (AvgIpc) is 3.32. The number of hydrogen-bond donors (Lipinski definition) is 1. The van der Waals surface area contributed by atoms with Crippen LogP contribution in [0.3, 0.4) is 0 Å². The number of hydrogen-bond acceptors (Lipinski definition) is 4. The van der Waals surface area contributed by atoms with E-state index >= 15 is 0 Å². The lowest BCUT2D eigenvalue weighted by Crippen LogP contribution is -2.28. The number of carbonyl (C=O) groups excluding carboxylic acids is 2. The fraction of sp³-hybridized carbons (Fsp3) is 0. The van der Waals surface area contributed by atoms with Gasteiger partial charge in [0.1, 0.15) is 0 Å². The molecule has 1 aromatic heterocycles. The van der Waals surface area contributed by atoms with Crippen LogP contribution in [0.4, 0.5) is 0 Å². The fourth-order valence-corrected chi connectivity index (χ4v) is 3.01. The highest BCUT2D eigenvalue weighted by Gasteiger charge is 2.19. The molecule has 0 saturated heterocycles. The highest BCUT2D eigenvalue weighted by atomic mass is 16.7. The van der Waals surface area contributed by atoms with E-state index in [0.717, 1.165) is 11.1 Å². The minimum Gasteiger partial charge on any atom is -0.335 e. The van der Waals surface area contributed by atoms with Crippen LogP contribution in [-0.4, -0.2) is 21.7 Å². The summed E-state index contributed by atoms with van der Waals surface area (Å²) in [4.78, 5) is 30.0. The van der Waals surface area contributed by atoms with Gasteiger partial charge in [-0.05, 0) is 29.8 Å². The van der Waals surface area contributed by atoms with Gasteiger partial charge in [0.25, 0.3) is 5.91 Å². The Morgan fingerprint density at radius 3 is 2.24 bits per heavy atom. The third-order valence-electron chi connectivity index (χ3n) is 4.34. The number of aromatic nitrogens is 2. The number of rotatable bonds is 4. The molecule has 0 atom stereocenters. The second-order valence-electron chi connectivity index (χ2n) is 6.21. The van der Waals surface area contributed by atoms with Crippen molar-refractivity contribution >= 4 is 11.9 Å². The molecule has 0 bridgehead atoms. The number of para-hydroxylation sites is 1. The van der Waals surface area contributed by atoms with Crippen LogP contribution in [0, 0.1) is 0 Å². The van der Waals surface area contributed by atoms with Crippen LogP contribution in [-0.2, 0) is 4.84 Å². The van der Waals surface area contributed by atoms with Crippen LogP contribution in [0.5, 0.6) is 0 Å². The maximum absolute atomic E-state index is 12.9. The molecule has 29 heavy (non-hydrogen) atoms. The summed E-state index contributed by atoms with van der Waals surface area (Å²) in [5.41, 5.74) is 5.29. The fourth-order valence-electron chi connectivity index (χ4n) is 3.01. The van der Waals surface area contributed by atoms with Gasteiger partial charge in [-0.3, -0.25) is 4.79 Å². The maximum atomic E-state index is 12.9. The van der Waals surface area contributed by atoms with Gasteiger partial charge >= 0.3 is 5.97 Å². The maximum Gasteiger partial charge on any atom is 0.362 e. The predicted octanol–water partition coefficient (Wildman–Crippen LogP) is 4.04. The zero-order valence-corrected chi connectivity index (χ0v) is 15.4. The van der Waals surface area contributed by atoms with E-state index in [-0.39, 0.29) is 0 Å². The smallest absolute Gasteiger partial charge is 0.335 e. The van der Waals surface area contributed by atoms with E-state index < -0.39 is 11.9 Å². The minimum atomic E-state index is -0.640. The number of nitrogens with one attached hydrogen (secondary N) is 1. The standard InChI is InChI=1S/C23H17N3O3/c27-22(25-29-23(28)18-11-5-2-6-12-18)20-14-7-13-19(17-9-3-1-4-10-17)21(20)26-16-8-15-24-26/h1-16H,(H,25,27). The molecular formula is C23H17N3O3. The van der Waals surface area contributed by atoms with E-state index in [2.05, 4.69) is 10.6 Å². The summed E-state index contributed by atoms with van der Waals surface area (Å²) in [7, 11) is 0. The van der Waals surface area contributed by atoms with Gasteiger partial charge in [0.2, 0.25) is 0 Å². The van der Waals surface area contributed by atoms with Gasteiger partial charge in [-0.15, -0.1) is 0 Å². The van der Waals surface area contributed by atoms with Gasteiger partial charge in [-0.1, -0.05) is 60.7 Å². The molecule has 3 aromatic carbocycles. The van der Waals surface area contributed by atoms with Crippen LogP contribution >= 0.6 is 0 Å². The average molecular weight is 383 g/mol. The summed E-state index contributed by atoms with van der Waals surface area (Å²) in [6.07, 6.45) is 3.40. The molecule has 4 rings (SSSR count). The van der Waals surface area contributed by atoms with Crippen LogP contribution in [0.25, 0.3) is 16.8 Å². The number of nitrogens with zero attached hydrogens (tertiary/aromatic N) is 2. The number of hydroxylamine groups is 1. The van der Waals surface area contributed by atoms with E-state index in [1.807, 2.05) is 36.4 Å². The first-order valence-electron chi connectivity index (χ1n) is 8.99. The summed E-state index contributed by atoms with van der Waals surface area (Å²) >= 11 is 0. The van der Waals surface area contributed by atoms with Crippen molar-refractivity contribution in [2.24, 2.45) is 0 Å². The summed E-state index contributed by atoms with van der Waals surface area (Å²) < 4.78 is 1.62. The van der Waals surface area contributed by atoms with Crippen LogP contribution in [0.15, 0.2) is 97.3 Å². The number of carbonyl (C=O) groups is 2. The molecule has 0 spiro atoms. The number of benzene rings is 3. The molecule has 4 aromatic rings. The van der Waals surface area contributed by atoms with Gasteiger partial charge in [-0.25, -0.2) is 9.48 Å². The largest absolute Gasteiger partial charge is 0.362 e. The Morgan fingerprint density at radius 1 is 0.828 bits per heavy atom. The highest BCUT2D eigenvalue weighted by molar-refractivity contribution is 6.01. The Hall–Kier alpha value is -4.19. The lowest BCUT2D eigenvalue weighted by Gasteiger charge is -2.15. The van der Waals surface area contributed by atoms with E-state index in [9.17, 15) is 9.59 Å². The van der Waals surface area contributed by atoms with E-state index in [1.54, 1.807) is 65.6 Å². The quantitative estimate of drug-likeness (QED) is 0.540. The Morgan fingerprint density at radius 2 is 1.55 bits per heavy atom. The van der Waals surface area contributed by atoms with Crippen LogP contribution in [0.1, 0.15) is 20.7 Å². The summed E-state index contributed by atoms with van der Waals surface area (Å²) in [5.74, 6) is -1.18. The molecule has 142 valence electrons. The molecule has 1 N–H and O–H groups in total. The lowest BCUT2D eigenvalue weighted by molar-refractivity contribution is 0.0230. The second-order valence-corrected chi connectivity index (χ2v) is 6.21. The molecule has 0 saturated carbocycles. The molecule has 0 unspecified atom stereocenters. The Kier molecular flexibility index (Phi) is 5.16. The topological polar surface area (TPSA) is 73.2 Å². The number of amides is 1. The Bertz CT molecular complexity index is 1120. The zero-order chi connectivity index (χ0) is 20.1. The summed E-state index contributed by atoms with van der Waals surface area (Å²) in [5, 5.41) is 4.29. The minimum absolute atomic E-state index is 0.330. The highest BCUT2D eigenvalue weighted by Crippen LogP contribution is 2.29. The zero-order valence-electron chi connectivity index (χ0n) is 15.4. The van der Waals surface area contributed by atoms with Crippen molar-refractivity contribution in [2.75, 3.05) is 0 Å². The lowest BCUT2D eigenvalue weighted by atomic mass is 9.99. The SMILES string of the molecule is O=C(ONC(=O)c1cccc(-c2ccccc2)c1-n1cccn1)c1ccccc1. The Labute approximate surface area is 167 Å². The molecule has 0 aliphatic rings. The molecule has 0 aliphatic carbocycles. The van der Waals surface area contributed by atoms with Crippen molar-refractivity contribution in [3.63, 3.8) is 0 Å². The summed E-state index contributed by atoms with van der Waals surface area (Å²) in [6, 6.07) is 25.3. The molecule has 0 radical (unpaired) electrons. The molecule has 1 amide bonds. The van der Waals surface area contributed by atoms with Crippen molar-refractivity contribution < 1.29 is 14.4 Å². The first-order valence-corrected chi connectivity index (χ1v) is 8.99. The Balaban J connectivity index is 1.66. The molecule has 6 nitrogen and oxygen atoms in total. The van der Waals surface area contributed by atoms with Crippen molar-refractivity contribution in [1.82, 2.24) is 15.3 Å². The van der Waals surface area contributed by atoms with E-state index in [4.69, 9.17) is 4.84 Å². The van der Waals surface area contributed by atoms with Gasteiger partial charge in [-0.2, -0.15) is 10.6 Å². The molecular weight excluding hydrogens is 366 g/mol. The monoisotopic (exact) mass is 383 g/mol. The van der Waals surface area contributed by atoms with Crippen molar-refractivity contribution in [3.05, 3.63) is 108 Å². The molecule has 0 aliphatic heterocycles. The van der Waals surface area contributed by atoms with E-state index in [0.29, 0.717) is 16.8 Å². The van der Waals surface area contributed by atoms with Gasteiger partial charge in [0.15, 0.2) is 0 Å². The van der Waals surface area contributed by atoms with Gasteiger partial charge in [0, 0.05) is 18.0 Å². The molecule has 1 heterocycles. The van der Waals surface area contributed by atoms with Crippen molar-refractivity contribution in [2.45, 2.75) is 0 Å². The third kappa shape index (κ3) is 3.91. The summed E-state index contributed by atoms with van der Waals surface area (Å²) in [6.45, 7) is 0. The van der Waals surface area contributed by atoms with Gasteiger partial charge < -0.3 is 4.84 Å². The van der Waals surface area contributed by atoms with Gasteiger partial charge in [0.05, 0.1) is 16.8 Å². The first-order chi connectivity index (χ1) is 14.2. The van der Waals surface area contributed by atoms with Crippen molar-refractivity contribution in [3.8, 4) is 16.8 Å². The third-order valence-corrected chi connectivity index (χ3v) is 4.34. The second kappa shape index (κ2) is 8.22. The predicted molar refractivity (Wildman–Crippen MR) is 108 cm³/mol. The van der Waals surface area contributed by atoms with Crippen molar-refractivity contribution in [1.29, 1.82) is 0 Å². The van der Waals surface area contributed by atoms with E-state index in [1.165, 1.54) is 0 Å². The first kappa shape index (κ1) is 18.2.